The third-order valence-electron chi connectivity index (χ3n) is 2.55. The zero-order valence-corrected chi connectivity index (χ0v) is 11.1. The molecule has 1 aromatic carbocycles. The molecule has 0 heterocycles. The number of hydrogen-bond acceptors (Lipinski definition) is 3. The fourth-order valence-electron chi connectivity index (χ4n) is 1.63. The van der Waals surface area contributed by atoms with E-state index in [4.69, 9.17) is 5.11 Å². The molecule has 1 amide bonds. The van der Waals surface area contributed by atoms with Crippen LogP contribution in [0.3, 0.4) is 0 Å². The van der Waals surface area contributed by atoms with Gasteiger partial charge in [0, 0.05) is 6.42 Å². The van der Waals surface area contributed by atoms with Crippen LogP contribution in [0.2, 0.25) is 0 Å². The molecule has 0 aliphatic heterocycles. The molecule has 0 aliphatic rings. The number of carboxylic acid groups (broad SMARTS) is 1. The average Bonchev–Trinajstić information content (AvgIpc) is 2.36. The van der Waals surface area contributed by atoms with Crippen molar-refractivity contribution in [3.8, 4) is 5.75 Å². The minimum atomic E-state index is -4.79. The van der Waals surface area contributed by atoms with Crippen molar-refractivity contribution < 1.29 is 32.6 Å². The highest BCUT2D eigenvalue weighted by Crippen LogP contribution is 2.25. The highest BCUT2D eigenvalue weighted by Gasteiger charge is 2.31. The maximum atomic E-state index is 12.0. The van der Waals surface area contributed by atoms with E-state index in [0.29, 0.717) is 5.56 Å². The van der Waals surface area contributed by atoms with Crippen molar-refractivity contribution in [1.29, 1.82) is 0 Å². The zero-order valence-electron chi connectivity index (χ0n) is 11.1. The van der Waals surface area contributed by atoms with Crippen molar-refractivity contribution in [2.24, 2.45) is 0 Å². The summed E-state index contributed by atoms with van der Waals surface area (Å²) in [5, 5.41) is 11.3. The minimum absolute atomic E-state index is 0.172. The smallest absolute Gasteiger partial charge is 0.481 e. The second-order valence-corrected chi connectivity index (χ2v) is 4.19. The molecule has 1 atom stereocenters. The van der Waals surface area contributed by atoms with Gasteiger partial charge >= 0.3 is 12.3 Å². The standard InChI is InChI=1S/C13H14F3NO4/c1-2-11(18)17-10(7-12(19)20)8-3-5-9(6-4-8)21-13(14,15)16/h3-6,10H,2,7H2,1H3,(H,17,18)(H,19,20). The molecule has 0 bridgehead atoms. The summed E-state index contributed by atoms with van der Waals surface area (Å²) in [4.78, 5) is 22.1. The molecule has 5 nitrogen and oxygen atoms in total. The summed E-state index contributed by atoms with van der Waals surface area (Å²) in [6.07, 6.45) is -4.99. The van der Waals surface area contributed by atoms with Gasteiger partial charge in [-0.05, 0) is 17.7 Å². The number of carbonyl (C=O) groups excluding carboxylic acids is 1. The Bertz CT molecular complexity index is 499. The van der Waals surface area contributed by atoms with Gasteiger partial charge in [-0.2, -0.15) is 0 Å². The first-order chi connectivity index (χ1) is 9.71. The number of rotatable bonds is 6. The molecule has 0 radical (unpaired) electrons. The summed E-state index contributed by atoms with van der Waals surface area (Å²) in [5.74, 6) is -1.90. The summed E-state index contributed by atoms with van der Waals surface area (Å²) in [6, 6.07) is 3.88. The predicted octanol–water partition coefficient (Wildman–Crippen LogP) is 2.63. The molecule has 21 heavy (non-hydrogen) atoms. The fourth-order valence-corrected chi connectivity index (χ4v) is 1.63. The first-order valence-electron chi connectivity index (χ1n) is 6.08. The fraction of sp³-hybridized carbons (Fsp3) is 0.385. The van der Waals surface area contributed by atoms with E-state index >= 15 is 0 Å². The van der Waals surface area contributed by atoms with E-state index < -0.39 is 24.1 Å². The van der Waals surface area contributed by atoms with Crippen LogP contribution in [0, 0.1) is 0 Å². The Morgan fingerprint density at radius 3 is 2.29 bits per heavy atom. The molecule has 1 unspecified atom stereocenters. The number of amides is 1. The lowest BCUT2D eigenvalue weighted by molar-refractivity contribution is -0.274. The van der Waals surface area contributed by atoms with Crippen LogP contribution in [-0.4, -0.2) is 23.3 Å². The van der Waals surface area contributed by atoms with Gasteiger partial charge in [0.25, 0.3) is 0 Å². The van der Waals surface area contributed by atoms with Gasteiger partial charge in [0.05, 0.1) is 12.5 Å². The van der Waals surface area contributed by atoms with Crippen LogP contribution in [0.5, 0.6) is 5.75 Å². The van der Waals surface area contributed by atoms with Crippen LogP contribution >= 0.6 is 0 Å². The van der Waals surface area contributed by atoms with Crippen molar-refractivity contribution >= 4 is 11.9 Å². The molecule has 0 saturated carbocycles. The highest BCUT2D eigenvalue weighted by atomic mass is 19.4. The normalized spacial score (nSPS) is 12.6. The van der Waals surface area contributed by atoms with Gasteiger partial charge in [-0.15, -0.1) is 13.2 Å². The first-order valence-corrected chi connectivity index (χ1v) is 6.08. The molecular weight excluding hydrogens is 291 g/mol. The lowest BCUT2D eigenvalue weighted by Crippen LogP contribution is -2.29. The van der Waals surface area contributed by atoms with E-state index in [-0.39, 0.29) is 18.7 Å². The van der Waals surface area contributed by atoms with E-state index in [1.165, 1.54) is 12.1 Å². The quantitative estimate of drug-likeness (QED) is 0.847. The lowest BCUT2D eigenvalue weighted by atomic mass is 10.0. The molecule has 0 fully saturated rings. The molecule has 8 heteroatoms. The summed E-state index contributed by atoms with van der Waals surface area (Å²) >= 11 is 0. The van der Waals surface area contributed by atoms with Crippen LogP contribution < -0.4 is 10.1 Å². The Kier molecular flexibility index (Phi) is 5.57. The lowest BCUT2D eigenvalue weighted by Gasteiger charge is -2.17. The van der Waals surface area contributed by atoms with E-state index in [2.05, 4.69) is 10.1 Å². The average molecular weight is 305 g/mol. The molecule has 0 aromatic heterocycles. The Labute approximate surface area is 118 Å². The van der Waals surface area contributed by atoms with Crippen molar-refractivity contribution in [3.63, 3.8) is 0 Å². The number of aliphatic carboxylic acids is 1. The minimum Gasteiger partial charge on any atom is -0.481 e. The topological polar surface area (TPSA) is 75.6 Å². The number of carboxylic acids is 1. The number of benzene rings is 1. The number of nitrogens with one attached hydrogen (secondary N) is 1. The van der Waals surface area contributed by atoms with Crippen LogP contribution in [0.1, 0.15) is 31.4 Å². The Balaban J connectivity index is 2.87. The molecule has 0 spiro atoms. The molecule has 2 N–H and O–H groups in total. The number of hydrogen-bond donors (Lipinski definition) is 2. The van der Waals surface area contributed by atoms with Crippen molar-refractivity contribution in [1.82, 2.24) is 5.32 Å². The first kappa shape index (κ1) is 16.8. The van der Waals surface area contributed by atoms with E-state index in [1.54, 1.807) is 6.92 Å². The Morgan fingerprint density at radius 1 is 1.29 bits per heavy atom. The van der Waals surface area contributed by atoms with Gasteiger partial charge in [0.15, 0.2) is 0 Å². The molecule has 0 saturated heterocycles. The third kappa shape index (κ3) is 6.15. The Morgan fingerprint density at radius 2 is 1.86 bits per heavy atom. The van der Waals surface area contributed by atoms with Crippen LogP contribution in [0.25, 0.3) is 0 Å². The Hall–Kier alpha value is -2.25. The number of ether oxygens (including phenoxy) is 1. The molecule has 1 rings (SSSR count). The zero-order chi connectivity index (χ0) is 16.0. The molecular formula is C13H14F3NO4. The predicted molar refractivity (Wildman–Crippen MR) is 66.6 cm³/mol. The van der Waals surface area contributed by atoms with Gasteiger partial charge in [-0.1, -0.05) is 19.1 Å². The summed E-state index contributed by atoms with van der Waals surface area (Å²) in [5.41, 5.74) is 0.383. The van der Waals surface area contributed by atoms with Crippen molar-refractivity contribution in [3.05, 3.63) is 29.8 Å². The van der Waals surface area contributed by atoms with Gasteiger partial charge < -0.3 is 15.2 Å². The van der Waals surface area contributed by atoms with E-state index in [9.17, 15) is 22.8 Å². The second-order valence-electron chi connectivity index (χ2n) is 4.19. The van der Waals surface area contributed by atoms with Gasteiger partial charge in [0.1, 0.15) is 5.75 Å². The summed E-state index contributed by atoms with van der Waals surface area (Å²) < 4.78 is 39.8. The van der Waals surface area contributed by atoms with E-state index in [1.807, 2.05) is 0 Å². The SMILES string of the molecule is CCC(=O)NC(CC(=O)O)c1ccc(OC(F)(F)F)cc1. The van der Waals surface area contributed by atoms with Gasteiger partial charge in [-0.25, -0.2) is 0 Å². The van der Waals surface area contributed by atoms with Crippen LogP contribution in [0.4, 0.5) is 13.2 Å². The molecule has 1 aromatic rings. The van der Waals surface area contributed by atoms with Crippen molar-refractivity contribution in [2.75, 3.05) is 0 Å². The second kappa shape index (κ2) is 6.96. The van der Waals surface area contributed by atoms with Crippen molar-refractivity contribution in [2.45, 2.75) is 32.2 Å². The maximum absolute atomic E-state index is 12.0. The third-order valence-corrected chi connectivity index (χ3v) is 2.55. The number of halogens is 3. The summed E-state index contributed by atoms with van der Waals surface area (Å²) in [6.45, 7) is 1.60. The van der Waals surface area contributed by atoms with Crippen LogP contribution in [-0.2, 0) is 9.59 Å². The van der Waals surface area contributed by atoms with E-state index in [0.717, 1.165) is 12.1 Å². The van der Waals surface area contributed by atoms with Gasteiger partial charge in [0.2, 0.25) is 5.91 Å². The van der Waals surface area contributed by atoms with Gasteiger partial charge in [-0.3, -0.25) is 9.59 Å². The summed E-state index contributed by atoms with van der Waals surface area (Å²) in [7, 11) is 0. The molecule has 0 aliphatic carbocycles. The molecule has 116 valence electrons. The van der Waals surface area contributed by atoms with Crippen LogP contribution in [0.15, 0.2) is 24.3 Å². The highest BCUT2D eigenvalue weighted by molar-refractivity contribution is 5.77. The maximum Gasteiger partial charge on any atom is 0.573 e. The number of carbonyl (C=O) groups is 2. The number of alkyl halides is 3. The monoisotopic (exact) mass is 305 g/mol. The largest absolute Gasteiger partial charge is 0.573 e.